The monoisotopic (exact) mass is 501 g/mol. The lowest BCUT2D eigenvalue weighted by molar-refractivity contribution is -0.142. The van der Waals surface area contributed by atoms with Gasteiger partial charge in [0.15, 0.2) is 5.69 Å². The molecule has 0 spiro atoms. The number of H-pyrrole nitrogens is 1. The number of benzene rings is 1. The van der Waals surface area contributed by atoms with Crippen molar-refractivity contribution in [2.45, 2.75) is 12.7 Å². The van der Waals surface area contributed by atoms with Crippen molar-refractivity contribution in [3.05, 3.63) is 77.7 Å². The largest absolute Gasteiger partial charge is 0.449 e. The van der Waals surface area contributed by atoms with Gasteiger partial charge < -0.3 is 4.74 Å². The highest BCUT2D eigenvalue weighted by Crippen LogP contribution is 2.35. The number of aromatic amines is 1. The summed E-state index contributed by atoms with van der Waals surface area (Å²) in [6, 6.07) is 6.64. The third-order valence-electron chi connectivity index (χ3n) is 3.63. The normalized spacial score (nSPS) is 11.2. The van der Waals surface area contributed by atoms with E-state index >= 15 is 0 Å². The van der Waals surface area contributed by atoms with Crippen LogP contribution in [0.1, 0.15) is 17.0 Å². The molecule has 2 aromatic heterocycles. The number of nitriles is 1. The molecule has 0 aliphatic rings. The van der Waals surface area contributed by atoms with Gasteiger partial charge in [-0.25, -0.2) is 10.1 Å². The Morgan fingerprint density at radius 1 is 1.27 bits per heavy atom. The molecule has 0 atom stereocenters. The van der Waals surface area contributed by atoms with E-state index in [0.29, 0.717) is 6.33 Å². The van der Waals surface area contributed by atoms with Gasteiger partial charge in [-0.3, -0.25) is 14.2 Å². The van der Waals surface area contributed by atoms with Crippen LogP contribution in [0.5, 0.6) is 11.5 Å². The minimum atomic E-state index is -4.98. The van der Waals surface area contributed by atoms with Crippen LogP contribution in [-0.2, 0) is 12.7 Å². The average molecular weight is 503 g/mol. The molecule has 0 aliphatic heterocycles. The molecular formula is C17H8BrClF3N5O3. The summed E-state index contributed by atoms with van der Waals surface area (Å²) >= 11 is 8.83. The van der Waals surface area contributed by atoms with Gasteiger partial charge in [-0.2, -0.15) is 23.5 Å². The molecule has 0 bridgehead atoms. The molecule has 0 unspecified atom stereocenters. The number of hydrogen-bond acceptors (Lipinski definition) is 6. The Morgan fingerprint density at radius 3 is 2.63 bits per heavy atom. The molecule has 1 N–H and O–H groups in total. The summed E-state index contributed by atoms with van der Waals surface area (Å²) in [7, 11) is 0. The van der Waals surface area contributed by atoms with Gasteiger partial charge in [0.2, 0.25) is 5.75 Å². The number of nitrogens with zero attached hydrogens (tertiary/aromatic N) is 4. The fourth-order valence-corrected chi connectivity index (χ4v) is 2.93. The highest BCUT2D eigenvalue weighted by atomic mass is 79.9. The van der Waals surface area contributed by atoms with Crippen molar-refractivity contribution in [1.82, 2.24) is 19.7 Å². The molecule has 154 valence electrons. The summed E-state index contributed by atoms with van der Waals surface area (Å²) in [5.74, 6) is -1.34. The predicted molar refractivity (Wildman–Crippen MR) is 101 cm³/mol. The third kappa shape index (κ3) is 4.69. The first kappa shape index (κ1) is 21.5. The highest BCUT2D eigenvalue weighted by molar-refractivity contribution is 9.10. The standard InChI is InChI=1S/C17H8BrClF3N5O3/c18-12-4-10(25-26-15(12)28)6-27-7-24-14(17(20,21)22)13(16(27)29)30-11-2-8(5-23)1-9(19)3-11/h1-4,7H,6H2,(H,26,28). The Labute approximate surface area is 178 Å². The Balaban J connectivity index is 2.10. The lowest BCUT2D eigenvalue weighted by Crippen LogP contribution is -2.27. The molecule has 0 fully saturated rings. The minimum Gasteiger partial charge on any atom is -0.449 e. The van der Waals surface area contributed by atoms with E-state index in [9.17, 15) is 22.8 Å². The van der Waals surface area contributed by atoms with Gasteiger partial charge in [-0.1, -0.05) is 11.6 Å². The van der Waals surface area contributed by atoms with Gasteiger partial charge in [-0.05, 0) is 40.2 Å². The van der Waals surface area contributed by atoms with E-state index in [0.717, 1.165) is 16.7 Å². The van der Waals surface area contributed by atoms with Gasteiger partial charge in [0.1, 0.15) is 5.75 Å². The van der Waals surface area contributed by atoms with Gasteiger partial charge in [-0.15, -0.1) is 0 Å². The van der Waals surface area contributed by atoms with Crippen molar-refractivity contribution in [3.63, 3.8) is 0 Å². The Kier molecular flexibility index (Phi) is 5.95. The molecule has 1 aromatic carbocycles. The molecule has 13 heteroatoms. The van der Waals surface area contributed by atoms with E-state index in [1.807, 2.05) is 0 Å². The van der Waals surface area contributed by atoms with Crippen LogP contribution >= 0.6 is 27.5 Å². The Morgan fingerprint density at radius 2 is 2.00 bits per heavy atom. The molecule has 0 radical (unpaired) electrons. The lowest BCUT2D eigenvalue weighted by atomic mass is 10.2. The summed E-state index contributed by atoms with van der Waals surface area (Å²) in [4.78, 5) is 27.4. The fraction of sp³-hybridized carbons (Fsp3) is 0.118. The second kappa shape index (κ2) is 8.29. The number of halogens is 5. The second-order valence-electron chi connectivity index (χ2n) is 5.78. The van der Waals surface area contributed by atoms with Crippen molar-refractivity contribution >= 4 is 27.5 Å². The number of aromatic nitrogens is 4. The molecule has 30 heavy (non-hydrogen) atoms. The molecule has 3 rings (SSSR count). The van der Waals surface area contributed by atoms with Crippen LogP contribution in [0.3, 0.4) is 0 Å². The summed E-state index contributed by atoms with van der Waals surface area (Å²) in [5, 5.41) is 14.9. The van der Waals surface area contributed by atoms with Gasteiger partial charge in [0.05, 0.1) is 34.7 Å². The number of alkyl halides is 3. The summed E-state index contributed by atoms with van der Waals surface area (Å²) < 4.78 is 46.3. The quantitative estimate of drug-likeness (QED) is 0.584. The zero-order chi connectivity index (χ0) is 22.1. The predicted octanol–water partition coefficient (Wildman–Crippen LogP) is 3.47. The SMILES string of the molecule is N#Cc1cc(Cl)cc(Oc2c(C(F)(F)F)ncn(Cc3cc(Br)c(=O)[nH]n3)c2=O)c1. The van der Waals surface area contributed by atoms with Crippen LogP contribution in [0.4, 0.5) is 13.2 Å². The van der Waals surface area contributed by atoms with Crippen LogP contribution in [0, 0.1) is 11.3 Å². The minimum absolute atomic E-state index is 0.0255. The van der Waals surface area contributed by atoms with E-state index in [1.165, 1.54) is 12.1 Å². The topological polar surface area (TPSA) is 114 Å². The lowest BCUT2D eigenvalue weighted by Gasteiger charge is -2.14. The van der Waals surface area contributed by atoms with Crippen LogP contribution < -0.4 is 15.9 Å². The highest BCUT2D eigenvalue weighted by Gasteiger charge is 2.38. The number of nitrogens with one attached hydrogen (secondary N) is 1. The maximum Gasteiger partial charge on any atom is 0.437 e. The molecule has 0 saturated carbocycles. The molecule has 2 heterocycles. The molecule has 0 aliphatic carbocycles. The fourth-order valence-electron chi connectivity index (χ4n) is 2.36. The summed E-state index contributed by atoms with van der Waals surface area (Å²) in [6.07, 6.45) is -4.29. The van der Waals surface area contributed by atoms with E-state index < -0.39 is 28.7 Å². The Bertz CT molecular complexity index is 1280. The Hall–Kier alpha value is -3.17. The van der Waals surface area contributed by atoms with Crippen LogP contribution in [0.15, 0.2) is 44.7 Å². The molecular weight excluding hydrogens is 495 g/mol. The van der Waals surface area contributed by atoms with Crippen molar-refractivity contribution in [2.24, 2.45) is 0 Å². The van der Waals surface area contributed by atoms with Crippen LogP contribution in [0.2, 0.25) is 5.02 Å². The first-order valence-electron chi connectivity index (χ1n) is 7.88. The van der Waals surface area contributed by atoms with E-state index in [2.05, 4.69) is 31.1 Å². The average Bonchev–Trinajstić information content (AvgIpc) is 2.66. The molecule has 0 amide bonds. The molecule has 8 nitrogen and oxygen atoms in total. The number of rotatable bonds is 4. The number of ether oxygens (including phenoxy) is 1. The summed E-state index contributed by atoms with van der Waals surface area (Å²) in [6.45, 7) is -0.297. The van der Waals surface area contributed by atoms with Crippen molar-refractivity contribution in [2.75, 3.05) is 0 Å². The van der Waals surface area contributed by atoms with E-state index in [-0.39, 0.29) is 33.0 Å². The second-order valence-corrected chi connectivity index (χ2v) is 7.07. The smallest absolute Gasteiger partial charge is 0.437 e. The molecule has 3 aromatic rings. The van der Waals surface area contributed by atoms with Crippen molar-refractivity contribution in [1.29, 1.82) is 5.26 Å². The van der Waals surface area contributed by atoms with Gasteiger partial charge in [0.25, 0.3) is 11.1 Å². The number of hydrogen-bond donors (Lipinski definition) is 1. The van der Waals surface area contributed by atoms with Gasteiger partial charge in [0, 0.05) is 5.02 Å². The third-order valence-corrected chi connectivity index (χ3v) is 4.44. The van der Waals surface area contributed by atoms with Gasteiger partial charge >= 0.3 is 6.18 Å². The van der Waals surface area contributed by atoms with E-state index in [1.54, 1.807) is 6.07 Å². The van der Waals surface area contributed by atoms with Crippen molar-refractivity contribution in [3.8, 4) is 17.6 Å². The first-order chi connectivity index (χ1) is 14.1. The van der Waals surface area contributed by atoms with Crippen LogP contribution in [-0.4, -0.2) is 19.7 Å². The van der Waals surface area contributed by atoms with Crippen LogP contribution in [0.25, 0.3) is 0 Å². The summed E-state index contributed by atoms with van der Waals surface area (Å²) in [5.41, 5.74) is -3.02. The first-order valence-corrected chi connectivity index (χ1v) is 9.05. The zero-order valence-corrected chi connectivity index (χ0v) is 16.8. The van der Waals surface area contributed by atoms with E-state index in [4.69, 9.17) is 21.6 Å². The molecule has 0 saturated heterocycles. The maximum atomic E-state index is 13.4. The van der Waals surface area contributed by atoms with Crippen molar-refractivity contribution < 1.29 is 17.9 Å². The maximum absolute atomic E-state index is 13.4. The zero-order valence-electron chi connectivity index (χ0n) is 14.5.